The summed E-state index contributed by atoms with van der Waals surface area (Å²) in [5.41, 5.74) is 8.47. The van der Waals surface area contributed by atoms with E-state index in [2.05, 4.69) is 10.0 Å². The molecule has 0 saturated heterocycles. The molecule has 3 unspecified atom stereocenters. The lowest BCUT2D eigenvalue weighted by Crippen LogP contribution is -2.33. The summed E-state index contributed by atoms with van der Waals surface area (Å²) in [5.74, 6) is 1.59. The number of hydrogen-bond donors (Lipinski definition) is 0. The molecule has 2 aliphatic rings. The molecule has 0 radical (unpaired) electrons. The first-order valence-electron chi connectivity index (χ1n) is 5.46. The molecular weight excluding hydrogens is 162 g/mol. The molecule has 0 bridgehead atoms. The number of rotatable bonds is 1. The highest BCUT2D eigenvalue weighted by atomic mass is 15.2. The van der Waals surface area contributed by atoms with Crippen molar-refractivity contribution in [1.82, 2.24) is 0 Å². The van der Waals surface area contributed by atoms with Gasteiger partial charge in [0.2, 0.25) is 0 Å². The minimum absolute atomic E-state index is 0.323. The molecule has 72 valence electrons. The lowest BCUT2D eigenvalue weighted by Gasteiger charge is -2.39. The molecular formula is C10H17N3. The summed E-state index contributed by atoms with van der Waals surface area (Å²) in [7, 11) is 0. The van der Waals surface area contributed by atoms with Gasteiger partial charge in [0, 0.05) is 11.0 Å². The van der Waals surface area contributed by atoms with Gasteiger partial charge in [0.05, 0.1) is 0 Å². The lowest BCUT2D eigenvalue weighted by atomic mass is 9.69. The predicted octanol–water partition coefficient (Wildman–Crippen LogP) is 3.66. The Morgan fingerprint density at radius 1 is 1.00 bits per heavy atom. The van der Waals surface area contributed by atoms with E-state index in [-0.39, 0.29) is 0 Å². The third kappa shape index (κ3) is 1.80. The van der Waals surface area contributed by atoms with Crippen LogP contribution >= 0.6 is 0 Å². The maximum Gasteiger partial charge on any atom is 0.0405 e. The molecule has 3 heteroatoms. The van der Waals surface area contributed by atoms with Gasteiger partial charge in [-0.2, -0.15) is 0 Å². The van der Waals surface area contributed by atoms with Crippen LogP contribution in [0.3, 0.4) is 0 Å². The summed E-state index contributed by atoms with van der Waals surface area (Å²) < 4.78 is 0. The van der Waals surface area contributed by atoms with Crippen LogP contribution < -0.4 is 0 Å². The Kier molecular flexibility index (Phi) is 2.74. The normalized spacial score (nSPS) is 38.9. The van der Waals surface area contributed by atoms with Gasteiger partial charge in [-0.05, 0) is 30.2 Å². The first-order chi connectivity index (χ1) is 6.42. The number of hydrogen-bond acceptors (Lipinski definition) is 1. The summed E-state index contributed by atoms with van der Waals surface area (Å²) in [6.45, 7) is 0. The number of azide groups is 1. The van der Waals surface area contributed by atoms with E-state index in [1.807, 2.05) is 0 Å². The topological polar surface area (TPSA) is 48.8 Å². The van der Waals surface area contributed by atoms with Gasteiger partial charge >= 0.3 is 0 Å². The van der Waals surface area contributed by atoms with Gasteiger partial charge in [0.25, 0.3) is 0 Å². The van der Waals surface area contributed by atoms with Crippen molar-refractivity contribution >= 4 is 0 Å². The SMILES string of the molecule is [N-]=[N+]=NC1CCCC2CCCCC21. The fourth-order valence-electron chi connectivity index (χ4n) is 3.11. The quantitative estimate of drug-likeness (QED) is 0.335. The third-order valence-corrected chi connectivity index (χ3v) is 3.74. The highest BCUT2D eigenvalue weighted by molar-refractivity contribution is 4.89. The second kappa shape index (κ2) is 4.01. The van der Waals surface area contributed by atoms with Gasteiger partial charge in [-0.3, -0.25) is 0 Å². The molecule has 0 heterocycles. The highest BCUT2D eigenvalue weighted by Gasteiger charge is 2.33. The van der Waals surface area contributed by atoms with Crippen molar-refractivity contribution in [2.24, 2.45) is 17.0 Å². The molecule has 0 amide bonds. The van der Waals surface area contributed by atoms with Crippen molar-refractivity contribution < 1.29 is 0 Å². The van der Waals surface area contributed by atoms with Crippen molar-refractivity contribution in [3.63, 3.8) is 0 Å². The molecule has 2 aliphatic carbocycles. The minimum Gasteiger partial charge on any atom is -0.0903 e. The molecule has 0 aromatic carbocycles. The summed E-state index contributed by atoms with van der Waals surface area (Å²) in [6, 6.07) is 0.323. The lowest BCUT2D eigenvalue weighted by molar-refractivity contribution is 0.147. The zero-order valence-corrected chi connectivity index (χ0v) is 8.02. The van der Waals surface area contributed by atoms with Gasteiger partial charge in [0.1, 0.15) is 0 Å². The highest BCUT2D eigenvalue weighted by Crippen LogP contribution is 2.41. The van der Waals surface area contributed by atoms with Gasteiger partial charge in [0.15, 0.2) is 0 Å². The van der Waals surface area contributed by atoms with Crippen molar-refractivity contribution in [2.45, 2.75) is 51.0 Å². The third-order valence-electron chi connectivity index (χ3n) is 3.74. The monoisotopic (exact) mass is 179 g/mol. The maximum absolute atomic E-state index is 8.47. The molecule has 3 atom stereocenters. The van der Waals surface area contributed by atoms with Crippen molar-refractivity contribution in [2.75, 3.05) is 0 Å². The molecule has 2 fully saturated rings. The van der Waals surface area contributed by atoms with E-state index in [1.165, 1.54) is 38.5 Å². The molecule has 3 nitrogen and oxygen atoms in total. The van der Waals surface area contributed by atoms with E-state index in [0.717, 1.165) is 18.3 Å². The minimum atomic E-state index is 0.323. The Morgan fingerprint density at radius 2 is 1.77 bits per heavy atom. The smallest absolute Gasteiger partial charge is 0.0405 e. The summed E-state index contributed by atoms with van der Waals surface area (Å²) >= 11 is 0. The summed E-state index contributed by atoms with van der Waals surface area (Å²) in [4.78, 5) is 2.98. The number of fused-ring (bicyclic) bond motifs is 1. The molecule has 0 spiro atoms. The predicted molar refractivity (Wildman–Crippen MR) is 52.2 cm³/mol. The van der Waals surface area contributed by atoms with Crippen LogP contribution in [0.5, 0.6) is 0 Å². The van der Waals surface area contributed by atoms with Crippen LogP contribution in [0.25, 0.3) is 10.4 Å². The van der Waals surface area contributed by atoms with E-state index in [9.17, 15) is 0 Å². The molecule has 13 heavy (non-hydrogen) atoms. The van der Waals surface area contributed by atoms with Crippen molar-refractivity contribution in [1.29, 1.82) is 0 Å². The van der Waals surface area contributed by atoms with Crippen LogP contribution in [-0.4, -0.2) is 6.04 Å². The van der Waals surface area contributed by atoms with Crippen LogP contribution in [0, 0.1) is 11.8 Å². The Bertz CT molecular complexity index is 218. The average Bonchev–Trinajstić information content (AvgIpc) is 2.19. The van der Waals surface area contributed by atoms with Crippen molar-refractivity contribution in [3.8, 4) is 0 Å². The molecule has 0 aromatic rings. The average molecular weight is 179 g/mol. The Balaban J connectivity index is 2.06. The van der Waals surface area contributed by atoms with Gasteiger partial charge in [-0.25, -0.2) is 0 Å². The van der Waals surface area contributed by atoms with Crippen molar-refractivity contribution in [3.05, 3.63) is 10.4 Å². The first-order valence-corrected chi connectivity index (χ1v) is 5.46. The second-order valence-electron chi connectivity index (χ2n) is 4.41. The molecule has 2 rings (SSSR count). The molecule has 0 aliphatic heterocycles. The standard InChI is InChI=1S/C10H17N3/c11-13-12-10-7-3-5-8-4-1-2-6-9(8)10/h8-10H,1-7H2. The fourth-order valence-corrected chi connectivity index (χ4v) is 3.11. The summed E-state index contributed by atoms with van der Waals surface area (Å²) in [6.07, 6.45) is 9.19. The van der Waals surface area contributed by atoms with Crippen LogP contribution in [0.4, 0.5) is 0 Å². The molecule has 0 aromatic heterocycles. The van der Waals surface area contributed by atoms with E-state index >= 15 is 0 Å². The van der Waals surface area contributed by atoms with E-state index < -0.39 is 0 Å². The van der Waals surface area contributed by atoms with Gasteiger partial charge in [-0.1, -0.05) is 37.2 Å². The maximum atomic E-state index is 8.47. The Morgan fingerprint density at radius 3 is 2.62 bits per heavy atom. The Hall–Kier alpha value is -0.690. The van der Waals surface area contributed by atoms with E-state index in [1.54, 1.807) is 0 Å². The Labute approximate surface area is 79.1 Å². The summed E-state index contributed by atoms with van der Waals surface area (Å²) in [5, 5.41) is 3.95. The zero-order valence-electron chi connectivity index (χ0n) is 8.02. The van der Waals surface area contributed by atoms with E-state index in [0.29, 0.717) is 6.04 Å². The van der Waals surface area contributed by atoms with Crippen LogP contribution in [0.1, 0.15) is 44.9 Å². The van der Waals surface area contributed by atoms with E-state index in [4.69, 9.17) is 5.53 Å². The first kappa shape index (κ1) is 8.89. The number of nitrogens with zero attached hydrogens (tertiary/aromatic N) is 3. The van der Waals surface area contributed by atoms with Crippen LogP contribution in [0.15, 0.2) is 5.11 Å². The van der Waals surface area contributed by atoms with Gasteiger partial charge < -0.3 is 0 Å². The van der Waals surface area contributed by atoms with Crippen LogP contribution in [-0.2, 0) is 0 Å². The van der Waals surface area contributed by atoms with Crippen LogP contribution in [0.2, 0.25) is 0 Å². The largest absolute Gasteiger partial charge is 0.0903 e. The van der Waals surface area contributed by atoms with Gasteiger partial charge in [-0.15, -0.1) is 0 Å². The second-order valence-corrected chi connectivity index (χ2v) is 4.41. The fraction of sp³-hybridized carbons (Fsp3) is 1.00. The zero-order chi connectivity index (χ0) is 9.10. The molecule has 2 saturated carbocycles. The molecule has 0 N–H and O–H groups in total.